The first-order valence-electron chi connectivity index (χ1n) is 18.2. The molecule has 0 amide bonds. The molecule has 3 fully saturated rings. The predicted octanol–water partition coefficient (Wildman–Crippen LogP) is 11.4. The highest BCUT2D eigenvalue weighted by Gasteiger charge is 2.59. The summed E-state index contributed by atoms with van der Waals surface area (Å²) in [6.45, 7) is 12.1. The van der Waals surface area contributed by atoms with Crippen molar-refractivity contribution in [1.82, 2.24) is 0 Å². The maximum Gasteiger partial charge on any atom is 0.416 e. The third kappa shape index (κ3) is 8.19. The second-order valence-electron chi connectivity index (χ2n) is 16.4. The number of alkyl halides is 6. The number of hydrogen-bond acceptors (Lipinski definition) is 4. The fourth-order valence-corrected chi connectivity index (χ4v) is 10.4. The van der Waals surface area contributed by atoms with E-state index >= 15 is 0 Å². The van der Waals surface area contributed by atoms with E-state index in [0.29, 0.717) is 42.2 Å². The van der Waals surface area contributed by atoms with E-state index in [-0.39, 0.29) is 17.6 Å². The third-order valence-electron chi connectivity index (χ3n) is 12.9. The molecule has 1 aromatic rings. The molecule has 1 aromatic carbocycles. The lowest BCUT2D eigenvalue weighted by Gasteiger charge is -2.58. The van der Waals surface area contributed by atoms with E-state index in [0.717, 1.165) is 36.5 Å². The van der Waals surface area contributed by atoms with Gasteiger partial charge in [-0.25, -0.2) is 0 Å². The number of carbonyl (C=O) groups excluding carboxylic acids is 2. The van der Waals surface area contributed by atoms with Crippen LogP contribution in [0.1, 0.15) is 129 Å². The highest BCUT2D eigenvalue weighted by Crippen LogP contribution is 2.67. The first-order valence-corrected chi connectivity index (χ1v) is 18.2. The number of allylic oxidation sites excluding steroid dienone is 1. The lowest BCUT2D eigenvalue weighted by Crippen LogP contribution is -2.51. The molecule has 3 saturated carbocycles. The summed E-state index contributed by atoms with van der Waals surface area (Å²) in [7, 11) is 0. The zero-order valence-corrected chi connectivity index (χ0v) is 29.4. The van der Waals surface area contributed by atoms with Crippen LogP contribution in [0.3, 0.4) is 0 Å². The minimum Gasteiger partial charge on any atom is -0.462 e. The average Bonchev–Trinajstić information content (AvgIpc) is 3.36. The van der Waals surface area contributed by atoms with Crippen LogP contribution in [0.2, 0.25) is 0 Å². The van der Waals surface area contributed by atoms with Crippen LogP contribution in [0, 0.1) is 46.3 Å². The standard InChI is InChI=1S/C39H52F6O4/c1-23(2)7-6-8-24(3)31-11-12-32-30-10-9-25-20-28(15-17-36(25,4)33(30)16-18-37(31,32)5)48-34(46)13-14-35(47)49-29-21-26(38(40,41)42)19-27(22-29)39(43,44)45/h9,19,21-24,28,30-33H,6-8,10-18,20H2,1-5H3. The summed E-state index contributed by atoms with van der Waals surface area (Å²) >= 11 is 0. The van der Waals surface area contributed by atoms with E-state index in [1.54, 1.807) is 0 Å². The molecule has 4 aliphatic carbocycles. The second kappa shape index (κ2) is 14.2. The fraction of sp³-hybridized carbons (Fsp3) is 0.744. The molecule has 0 aromatic heterocycles. The van der Waals surface area contributed by atoms with Gasteiger partial charge in [0.15, 0.2) is 0 Å². The summed E-state index contributed by atoms with van der Waals surface area (Å²) in [5.74, 6) is 1.67. The van der Waals surface area contributed by atoms with Gasteiger partial charge < -0.3 is 9.47 Å². The molecular weight excluding hydrogens is 646 g/mol. The highest BCUT2D eigenvalue weighted by molar-refractivity contribution is 5.79. The minimum atomic E-state index is -5.07. The van der Waals surface area contributed by atoms with Gasteiger partial charge >= 0.3 is 24.3 Å². The van der Waals surface area contributed by atoms with Crippen LogP contribution in [-0.4, -0.2) is 18.0 Å². The molecule has 0 heterocycles. The highest BCUT2D eigenvalue weighted by atomic mass is 19.4. The Morgan fingerprint density at radius 2 is 1.49 bits per heavy atom. The van der Waals surface area contributed by atoms with E-state index < -0.39 is 54.0 Å². The second-order valence-corrected chi connectivity index (χ2v) is 16.4. The van der Waals surface area contributed by atoms with E-state index in [2.05, 4.69) is 40.7 Å². The Balaban J connectivity index is 1.14. The molecule has 274 valence electrons. The molecule has 0 bridgehead atoms. The summed E-state index contributed by atoms with van der Waals surface area (Å²) in [6, 6.07) is 0.624. The van der Waals surface area contributed by atoms with Crippen molar-refractivity contribution < 1.29 is 45.4 Å². The van der Waals surface area contributed by atoms with Gasteiger partial charge in [0.2, 0.25) is 0 Å². The van der Waals surface area contributed by atoms with E-state index in [1.807, 2.05) is 0 Å². The van der Waals surface area contributed by atoms with Crippen LogP contribution in [0.4, 0.5) is 26.3 Å². The summed E-state index contributed by atoms with van der Waals surface area (Å²) in [6.07, 6.45) is 3.40. The van der Waals surface area contributed by atoms with Crippen molar-refractivity contribution >= 4 is 11.9 Å². The van der Waals surface area contributed by atoms with Crippen molar-refractivity contribution in [1.29, 1.82) is 0 Å². The largest absolute Gasteiger partial charge is 0.462 e. The quantitative estimate of drug-likeness (QED) is 0.106. The average molecular weight is 699 g/mol. The number of rotatable bonds is 10. The van der Waals surface area contributed by atoms with Crippen LogP contribution in [-0.2, 0) is 26.7 Å². The Labute approximate surface area is 286 Å². The summed E-state index contributed by atoms with van der Waals surface area (Å²) in [5.41, 5.74) is -1.36. The number of esters is 2. The van der Waals surface area contributed by atoms with Crippen molar-refractivity contribution in [3.63, 3.8) is 0 Å². The maximum absolute atomic E-state index is 13.1. The molecule has 10 heteroatoms. The molecule has 0 aliphatic heterocycles. The van der Waals surface area contributed by atoms with Crippen molar-refractivity contribution in [2.45, 2.75) is 137 Å². The fourth-order valence-electron chi connectivity index (χ4n) is 10.4. The number of carbonyl (C=O) groups is 2. The Morgan fingerprint density at radius 1 is 0.837 bits per heavy atom. The Kier molecular flexibility index (Phi) is 11.0. The SMILES string of the molecule is CC(C)CCCC(C)C1CCC2C3CC=C4CC(OC(=O)CCC(=O)Oc5cc(C(F)(F)F)cc(C(F)(F)F)c5)CCC4(C)C3CCC12C. The zero-order valence-electron chi connectivity index (χ0n) is 29.4. The minimum absolute atomic E-state index is 0.0435. The van der Waals surface area contributed by atoms with E-state index in [4.69, 9.17) is 9.47 Å². The number of ether oxygens (including phenoxy) is 2. The van der Waals surface area contributed by atoms with Gasteiger partial charge in [-0.15, -0.1) is 0 Å². The predicted molar refractivity (Wildman–Crippen MR) is 174 cm³/mol. The molecule has 0 spiro atoms. The molecule has 0 N–H and O–H groups in total. The van der Waals surface area contributed by atoms with Gasteiger partial charge in [0.25, 0.3) is 0 Å². The molecule has 4 aliphatic rings. The lowest BCUT2D eigenvalue weighted by atomic mass is 9.47. The lowest BCUT2D eigenvalue weighted by molar-refractivity contribution is -0.153. The normalized spacial score (nSPS) is 32.1. The van der Waals surface area contributed by atoms with Gasteiger partial charge in [0.05, 0.1) is 24.0 Å². The van der Waals surface area contributed by atoms with Gasteiger partial charge in [0.1, 0.15) is 11.9 Å². The third-order valence-corrected chi connectivity index (χ3v) is 12.9. The molecule has 4 nitrogen and oxygen atoms in total. The van der Waals surface area contributed by atoms with E-state index in [9.17, 15) is 35.9 Å². The van der Waals surface area contributed by atoms with Gasteiger partial charge in [-0.05, 0) is 109 Å². The molecular formula is C39H52F6O4. The Hall–Kier alpha value is -2.52. The van der Waals surface area contributed by atoms with Gasteiger partial charge in [0, 0.05) is 6.42 Å². The molecule has 0 radical (unpaired) electrons. The number of hydrogen-bond donors (Lipinski definition) is 0. The molecule has 0 saturated heterocycles. The van der Waals surface area contributed by atoms with Crippen molar-refractivity contribution in [2.75, 3.05) is 0 Å². The molecule has 8 atom stereocenters. The molecule has 49 heavy (non-hydrogen) atoms. The van der Waals surface area contributed by atoms with Crippen LogP contribution in [0.25, 0.3) is 0 Å². The monoisotopic (exact) mass is 698 g/mol. The van der Waals surface area contributed by atoms with Crippen LogP contribution in [0.5, 0.6) is 5.75 Å². The van der Waals surface area contributed by atoms with Gasteiger partial charge in [-0.3, -0.25) is 9.59 Å². The van der Waals surface area contributed by atoms with Gasteiger partial charge in [-0.1, -0.05) is 65.5 Å². The smallest absolute Gasteiger partial charge is 0.416 e. The summed E-state index contributed by atoms with van der Waals surface area (Å²) < 4.78 is 89.4. The van der Waals surface area contributed by atoms with Crippen molar-refractivity contribution in [3.05, 3.63) is 41.0 Å². The Bertz CT molecular complexity index is 1370. The van der Waals surface area contributed by atoms with Crippen molar-refractivity contribution in [2.24, 2.45) is 46.3 Å². The van der Waals surface area contributed by atoms with Crippen LogP contribution >= 0.6 is 0 Å². The Morgan fingerprint density at radius 3 is 2.12 bits per heavy atom. The van der Waals surface area contributed by atoms with Crippen LogP contribution in [0.15, 0.2) is 29.8 Å². The number of fused-ring (bicyclic) bond motifs is 5. The first-order chi connectivity index (χ1) is 22.8. The number of benzene rings is 1. The van der Waals surface area contributed by atoms with Crippen LogP contribution < -0.4 is 4.74 Å². The first kappa shape index (κ1) is 37.7. The zero-order chi connectivity index (χ0) is 35.9. The molecule has 5 rings (SSSR count). The number of halogens is 6. The summed E-state index contributed by atoms with van der Waals surface area (Å²) in [4.78, 5) is 25.0. The molecule has 8 unspecified atom stereocenters. The van der Waals surface area contributed by atoms with E-state index in [1.165, 1.54) is 50.5 Å². The topological polar surface area (TPSA) is 52.6 Å². The van der Waals surface area contributed by atoms with Crippen molar-refractivity contribution in [3.8, 4) is 5.75 Å². The maximum atomic E-state index is 13.1. The summed E-state index contributed by atoms with van der Waals surface area (Å²) in [5, 5.41) is 0. The van der Waals surface area contributed by atoms with Gasteiger partial charge in [-0.2, -0.15) is 26.3 Å².